The predicted octanol–water partition coefficient (Wildman–Crippen LogP) is 4.62. The topological polar surface area (TPSA) is 172 Å². The molecule has 4 aromatic rings. The van der Waals surface area contributed by atoms with Gasteiger partial charge in [-0.3, -0.25) is 19.6 Å². The molecule has 336 valence electrons. The zero-order valence-corrected chi connectivity index (χ0v) is 37.8. The first-order valence-corrected chi connectivity index (χ1v) is 23.1. The maximum atomic E-state index is 13.0. The molecule has 18 nitrogen and oxygen atoms in total. The van der Waals surface area contributed by atoms with Crippen molar-refractivity contribution in [3.8, 4) is 0 Å². The van der Waals surface area contributed by atoms with Crippen molar-refractivity contribution in [1.82, 2.24) is 45.2 Å². The van der Waals surface area contributed by atoms with Crippen molar-refractivity contribution >= 4 is 64.0 Å². The van der Waals surface area contributed by atoms with Crippen LogP contribution in [0.3, 0.4) is 0 Å². The highest BCUT2D eigenvalue weighted by atomic mass is 35.5. The van der Waals surface area contributed by atoms with Crippen molar-refractivity contribution in [1.29, 1.82) is 0 Å². The Morgan fingerprint density at radius 3 is 1.52 bits per heavy atom. The average molecular weight is 882 g/mol. The van der Waals surface area contributed by atoms with E-state index >= 15 is 0 Å². The van der Waals surface area contributed by atoms with Crippen molar-refractivity contribution in [3.05, 3.63) is 54.9 Å². The fourth-order valence-corrected chi connectivity index (χ4v) is 9.96. The SMILES string of the molecule is CC[C@@H]1C(=O)N(C)c2cnc(Cl)nc2N1C1CCCC1.CC[C@@H]1C(=O)N(C)c2cnc(N3CCN(c4cnccn4)CC3)nc2N1C1CCCC1.c1cnc(N2CCNCC2)cn1. The normalized spacial score (nSPS) is 21.8. The summed E-state index contributed by atoms with van der Waals surface area (Å²) in [7, 11) is 3.63. The molecular weight excluding hydrogens is 820 g/mol. The number of carbonyl (C=O) groups is 2. The second-order valence-electron chi connectivity index (χ2n) is 16.9. The van der Waals surface area contributed by atoms with Gasteiger partial charge in [0.2, 0.25) is 23.0 Å². The van der Waals surface area contributed by atoms with Crippen molar-refractivity contribution in [2.24, 2.45) is 0 Å². The van der Waals surface area contributed by atoms with Crippen LogP contribution in [0.4, 0.5) is 40.6 Å². The highest BCUT2D eigenvalue weighted by molar-refractivity contribution is 6.28. The molecule has 0 aromatic carbocycles. The molecule has 4 fully saturated rings. The Bertz CT molecular complexity index is 2130. The maximum absolute atomic E-state index is 13.0. The van der Waals surface area contributed by atoms with E-state index in [1.807, 2.05) is 32.6 Å². The number of carbonyl (C=O) groups excluding carboxylic acids is 2. The minimum Gasteiger partial charge on any atom is -0.353 e. The van der Waals surface area contributed by atoms with E-state index in [4.69, 9.17) is 16.6 Å². The van der Waals surface area contributed by atoms with Crippen LogP contribution in [0.25, 0.3) is 0 Å². The Hall–Kier alpha value is -5.49. The van der Waals surface area contributed by atoms with Gasteiger partial charge in [-0.05, 0) is 50.1 Å². The molecule has 2 atom stereocenters. The van der Waals surface area contributed by atoms with Crippen LogP contribution in [0.1, 0.15) is 78.1 Å². The van der Waals surface area contributed by atoms with Crippen LogP contribution < -0.4 is 39.6 Å². The first kappa shape index (κ1) is 44.1. The molecule has 6 aliphatic rings. The molecule has 10 rings (SSSR count). The summed E-state index contributed by atoms with van der Waals surface area (Å²) in [4.78, 5) is 75.2. The fourth-order valence-electron chi connectivity index (χ4n) is 9.83. The van der Waals surface area contributed by atoms with Crippen LogP contribution in [0.15, 0.2) is 49.6 Å². The molecule has 2 aliphatic carbocycles. The van der Waals surface area contributed by atoms with Gasteiger partial charge in [-0.2, -0.15) is 9.97 Å². The number of rotatable bonds is 7. The van der Waals surface area contributed by atoms with Crippen LogP contribution in [0.5, 0.6) is 0 Å². The van der Waals surface area contributed by atoms with Crippen molar-refractivity contribution < 1.29 is 9.59 Å². The second-order valence-corrected chi connectivity index (χ2v) is 17.2. The Kier molecular flexibility index (Phi) is 14.3. The number of fused-ring (bicyclic) bond motifs is 2. The van der Waals surface area contributed by atoms with Crippen molar-refractivity contribution in [3.63, 3.8) is 0 Å². The highest BCUT2D eigenvalue weighted by Crippen LogP contribution is 2.41. The van der Waals surface area contributed by atoms with Gasteiger partial charge < -0.3 is 39.6 Å². The number of halogens is 1. The van der Waals surface area contributed by atoms with E-state index in [0.717, 1.165) is 131 Å². The van der Waals surface area contributed by atoms with Gasteiger partial charge in [-0.1, -0.05) is 39.5 Å². The lowest BCUT2D eigenvalue weighted by atomic mass is 10.0. The number of nitrogens with zero attached hydrogens (tertiary/aromatic N) is 15. The molecule has 19 heteroatoms. The Labute approximate surface area is 375 Å². The number of nitrogens with one attached hydrogen (secondary N) is 1. The van der Waals surface area contributed by atoms with E-state index in [0.29, 0.717) is 12.1 Å². The monoisotopic (exact) mass is 880 g/mol. The third-order valence-corrected chi connectivity index (χ3v) is 13.4. The summed E-state index contributed by atoms with van der Waals surface area (Å²) in [6, 6.07) is 0.498. The maximum Gasteiger partial charge on any atom is 0.249 e. The second kappa shape index (κ2) is 20.3. The van der Waals surface area contributed by atoms with Gasteiger partial charge in [0, 0.05) is 103 Å². The van der Waals surface area contributed by atoms with Gasteiger partial charge in [0.15, 0.2) is 11.6 Å². The van der Waals surface area contributed by atoms with Crippen molar-refractivity contribution in [2.75, 3.05) is 101 Å². The lowest BCUT2D eigenvalue weighted by Gasteiger charge is -2.44. The number of aromatic nitrogens is 8. The summed E-state index contributed by atoms with van der Waals surface area (Å²) in [5, 5.41) is 3.53. The summed E-state index contributed by atoms with van der Waals surface area (Å²) in [6.07, 6.45) is 24.9. The lowest BCUT2D eigenvalue weighted by Crippen LogP contribution is -2.56. The summed E-state index contributed by atoms with van der Waals surface area (Å²) in [5.41, 5.74) is 1.58. The predicted molar refractivity (Wildman–Crippen MR) is 247 cm³/mol. The minimum absolute atomic E-state index is 0.123. The number of hydrogen-bond acceptors (Lipinski definition) is 16. The Morgan fingerprint density at radius 1 is 0.587 bits per heavy atom. The molecule has 2 amide bonds. The zero-order valence-electron chi connectivity index (χ0n) is 37.1. The van der Waals surface area contributed by atoms with Crippen molar-refractivity contribution in [2.45, 2.75) is 102 Å². The van der Waals surface area contributed by atoms with Crippen LogP contribution in [0, 0.1) is 0 Å². The number of anilines is 7. The highest BCUT2D eigenvalue weighted by Gasteiger charge is 2.43. The summed E-state index contributed by atoms with van der Waals surface area (Å²) in [6.45, 7) is 11.6. The van der Waals surface area contributed by atoms with Gasteiger partial charge in [0.1, 0.15) is 35.1 Å². The molecule has 63 heavy (non-hydrogen) atoms. The quantitative estimate of drug-likeness (QED) is 0.255. The molecule has 0 radical (unpaired) electrons. The minimum atomic E-state index is -0.142. The number of likely N-dealkylation sites (N-methyl/N-ethyl adjacent to an activating group) is 2. The zero-order chi connectivity index (χ0) is 43.9. The number of hydrogen-bond donors (Lipinski definition) is 1. The van der Waals surface area contributed by atoms with E-state index < -0.39 is 0 Å². The van der Waals surface area contributed by atoms with Gasteiger partial charge >= 0.3 is 0 Å². The smallest absolute Gasteiger partial charge is 0.249 e. The van der Waals surface area contributed by atoms with E-state index in [9.17, 15) is 9.59 Å². The third kappa shape index (κ3) is 9.56. The molecule has 2 saturated carbocycles. The first-order chi connectivity index (χ1) is 30.8. The third-order valence-electron chi connectivity index (χ3n) is 13.2. The van der Waals surface area contributed by atoms with Crippen LogP contribution >= 0.6 is 11.6 Å². The van der Waals surface area contributed by atoms with Gasteiger partial charge in [0.25, 0.3) is 0 Å². The molecule has 0 spiro atoms. The summed E-state index contributed by atoms with van der Waals surface area (Å²) in [5.74, 6) is 4.64. The van der Waals surface area contributed by atoms with Crippen LogP contribution in [-0.2, 0) is 9.59 Å². The van der Waals surface area contributed by atoms with E-state index in [1.165, 1.54) is 25.7 Å². The lowest BCUT2D eigenvalue weighted by molar-refractivity contribution is -0.120. The van der Waals surface area contributed by atoms with Crippen LogP contribution in [0.2, 0.25) is 5.28 Å². The Balaban J connectivity index is 0.000000145. The summed E-state index contributed by atoms with van der Waals surface area (Å²) < 4.78 is 0. The first-order valence-electron chi connectivity index (χ1n) is 22.8. The van der Waals surface area contributed by atoms with Gasteiger partial charge in [-0.25, -0.2) is 19.9 Å². The standard InChI is InChI=1S/C22H30N8O.C14H19ClN4O.C8H12N4/c1-3-17-21(31)27(2)18-14-25-22(26-20(18)30(17)16-6-4-5-7-16)29-12-10-28(11-13-29)19-15-23-8-9-24-19;1-3-10-13(20)18(2)11-8-16-14(15)17-12(11)19(10)9-6-4-5-7-9;1-2-11-8(7-10-1)12-5-3-9-4-6-12/h8-9,14-17H,3-7,10-13H2,1-2H3;8-10H,3-7H2,1-2H3;1-2,7,9H,3-6H2/t17-;10-;/m11./s1. The molecule has 0 bridgehead atoms. The van der Waals surface area contributed by atoms with Crippen LogP contribution in [-0.4, -0.2) is 142 Å². The van der Waals surface area contributed by atoms with E-state index in [2.05, 4.69) is 71.6 Å². The molecule has 4 aliphatic heterocycles. The van der Waals surface area contributed by atoms with E-state index in [1.54, 1.807) is 47.8 Å². The molecule has 1 N–H and O–H groups in total. The Morgan fingerprint density at radius 2 is 1.05 bits per heavy atom. The molecular formula is C44H61ClN16O2. The van der Waals surface area contributed by atoms with Gasteiger partial charge in [-0.15, -0.1) is 0 Å². The van der Waals surface area contributed by atoms with Gasteiger partial charge in [0.05, 0.1) is 24.8 Å². The molecule has 4 aromatic heterocycles. The molecule has 8 heterocycles. The number of amides is 2. The fraction of sp³-hybridized carbons (Fsp3) is 0.591. The van der Waals surface area contributed by atoms with E-state index in [-0.39, 0.29) is 29.2 Å². The number of piperazine rings is 2. The summed E-state index contributed by atoms with van der Waals surface area (Å²) >= 11 is 5.97. The molecule has 2 saturated heterocycles. The molecule has 0 unspecified atom stereocenters. The average Bonchev–Trinajstić information content (AvgIpc) is 4.09. The largest absolute Gasteiger partial charge is 0.353 e.